The minimum Gasteiger partial charge on any atom is -0.495 e. The number of ether oxygens (including phenoxy) is 1. The first-order chi connectivity index (χ1) is 14.5. The van der Waals surface area contributed by atoms with Crippen LogP contribution in [0.2, 0.25) is 0 Å². The molecule has 0 unspecified atom stereocenters. The van der Waals surface area contributed by atoms with Gasteiger partial charge in [0.05, 0.1) is 7.11 Å². The highest BCUT2D eigenvalue weighted by Crippen LogP contribution is 2.42. The number of carbonyl (C=O) groups excluding carboxylic acids is 1. The maximum absolute atomic E-state index is 13.1. The van der Waals surface area contributed by atoms with Crippen LogP contribution in [0.5, 0.6) is 5.75 Å². The molecule has 1 saturated carbocycles. The molecule has 2 aromatic rings. The molecule has 30 heavy (non-hydrogen) atoms. The molecule has 1 saturated heterocycles. The van der Waals surface area contributed by atoms with Crippen LogP contribution < -0.4 is 10.1 Å². The molecule has 0 bridgehead atoms. The van der Waals surface area contributed by atoms with Crippen molar-refractivity contribution in [3.05, 3.63) is 34.8 Å². The van der Waals surface area contributed by atoms with Gasteiger partial charge in [-0.2, -0.15) is 4.31 Å². The molecule has 2 aliphatic rings. The monoisotopic (exact) mass is 448 g/mol. The van der Waals surface area contributed by atoms with Crippen molar-refractivity contribution in [2.75, 3.05) is 25.5 Å². The second-order valence-electron chi connectivity index (χ2n) is 7.42. The SMILES string of the molecule is COc1ccc(C=CC(=O)Nc2nnc(C3CC3)s2)cc1S(=O)(=O)N1CCCCC1. The van der Waals surface area contributed by atoms with E-state index in [-0.39, 0.29) is 10.8 Å². The summed E-state index contributed by atoms with van der Waals surface area (Å²) in [6.07, 6.45) is 7.94. The summed E-state index contributed by atoms with van der Waals surface area (Å²) >= 11 is 1.39. The van der Waals surface area contributed by atoms with Crippen molar-refractivity contribution in [3.8, 4) is 5.75 Å². The van der Waals surface area contributed by atoms with Crippen molar-refractivity contribution in [3.63, 3.8) is 0 Å². The van der Waals surface area contributed by atoms with E-state index in [9.17, 15) is 13.2 Å². The number of nitrogens with one attached hydrogen (secondary N) is 1. The first-order valence-corrected chi connectivity index (χ1v) is 12.2. The zero-order valence-electron chi connectivity index (χ0n) is 16.7. The average Bonchev–Trinajstić information content (AvgIpc) is 3.52. The molecule has 10 heteroatoms. The summed E-state index contributed by atoms with van der Waals surface area (Å²) in [5.74, 6) is 0.441. The number of hydrogen-bond donors (Lipinski definition) is 1. The molecule has 160 valence electrons. The van der Waals surface area contributed by atoms with Gasteiger partial charge in [0, 0.05) is 25.1 Å². The number of nitrogens with zero attached hydrogens (tertiary/aromatic N) is 3. The van der Waals surface area contributed by atoms with Crippen molar-refractivity contribution in [2.45, 2.75) is 42.9 Å². The van der Waals surface area contributed by atoms with E-state index in [2.05, 4.69) is 15.5 Å². The van der Waals surface area contributed by atoms with Gasteiger partial charge in [-0.05, 0) is 49.5 Å². The molecular weight excluding hydrogens is 424 g/mol. The van der Waals surface area contributed by atoms with E-state index in [0.717, 1.165) is 37.1 Å². The molecule has 1 aliphatic heterocycles. The van der Waals surface area contributed by atoms with E-state index in [4.69, 9.17) is 4.74 Å². The van der Waals surface area contributed by atoms with Gasteiger partial charge in [0.25, 0.3) is 0 Å². The van der Waals surface area contributed by atoms with Crippen LogP contribution in [0.3, 0.4) is 0 Å². The Labute approximate surface area is 180 Å². The van der Waals surface area contributed by atoms with Crippen molar-refractivity contribution in [1.82, 2.24) is 14.5 Å². The Morgan fingerprint density at radius 3 is 2.70 bits per heavy atom. The number of anilines is 1. The van der Waals surface area contributed by atoms with E-state index < -0.39 is 10.0 Å². The second-order valence-corrected chi connectivity index (χ2v) is 10.3. The summed E-state index contributed by atoms with van der Waals surface area (Å²) in [5.41, 5.74) is 0.595. The first-order valence-electron chi connectivity index (χ1n) is 9.98. The molecule has 2 fully saturated rings. The molecule has 1 aromatic heterocycles. The highest BCUT2D eigenvalue weighted by molar-refractivity contribution is 7.89. The Balaban J connectivity index is 1.49. The van der Waals surface area contributed by atoms with Crippen LogP contribution in [0.25, 0.3) is 6.08 Å². The molecule has 4 rings (SSSR count). The van der Waals surface area contributed by atoms with Crippen LogP contribution in [-0.2, 0) is 14.8 Å². The van der Waals surface area contributed by atoms with E-state index in [1.54, 1.807) is 24.3 Å². The van der Waals surface area contributed by atoms with Gasteiger partial charge in [-0.15, -0.1) is 10.2 Å². The smallest absolute Gasteiger partial charge is 0.250 e. The number of rotatable bonds is 7. The lowest BCUT2D eigenvalue weighted by atomic mass is 10.2. The average molecular weight is 449 g/mol. The largest absolute Gasteiger partial charge is 0.495 e. The minimum atomic E-state index is -3.66. The number of aromatic nitrogens is 2. The number of methoxy groups -OCH3 is 1. The summed E-state index contributed by atoms with van der Waals surface area (Å²) in [5, 5.41) is 12.2. The molecule has 0 radical (unpaired) electrons. The second kappa shape index (κ2) is 8.83. The molecule has 2 heterocycles. The Kier molecular flexibility index (Phi) is 6.16. The van der Waals surface area contributed by atoms with Crippen LogP contribution >= 0.6 is 11.3 Å². The third-order valence-electron chi connectivity index (χ3n) is 5.15. The Bertz CT molecular complexity index is 1050. The fourth-order valence-corrected chi connectivity index (χ4v) is 5.97. The lowest BCUT2D eigenvalue weighted by molar-refractivity contribution is -0.111. The predicted octanol–water partition coefficient (Wildman–Crippen LogP) is 3.25. The molecule has 8 nitrogen and oxygen atoms in total. The fraction of sp³-hybridized carbons (Fsp3) is 0.450. The van der Waals surface area contributed by atoms with Gasteiger partial charge in [0.15, 0.2) is 0 Å². The first kappa shape index (κ1) is 21.0. The van der Waals surface area contributed by atoms with E-state index in [1.807, 2.05) is 0 Å². The predicted molar refractivity (Wildman–Crippen MR) is 115 cm³/mol. The third kappa shape index (κ3) is 4.71. The number of amides is 1. The van der Waals surface area contributed by atoms with E-state index in [0.29, 0.717) is 35.5 Å². The lowest BCUT2D eigenvalue weighted by Gasteiger charge is -2.26. The number of sulfonamides is 1. The highest BCUT2D eigenvalue weighted by atomic mass is 32.2. The van der Waals surface area contributed by atoms with E-state index in [1.165, 1.54) is 28.8 Å². The molecule has 1 N–H and O–H groups in total. The van der Waals surface area contributed by atoms with E-state index >= 15 is 0 Å². The number of benzene rings is 1. The van der Waals surface area contributed by atoms with Gasteiger partial charge in [-0.1, -0.05) is 23.8 Å². The summed E-state index contributed by atoms with van der Waals surface area (Å²) in [4.78, 5) is 12.3. The number of carbonyl (C=O) groups is 1. The zero-order chi connectivity index (χ0) is 21.1. The quantitative estimate of drug-likeness (QED) is 0.653. The van der Waals surface area contributed by atoms with Crippen LogP contribution in [0.4, 0.5) is 5.13 Å². The molecule has 0 atom stereocenters. The lowest BCUT2D eigenvalue weighted by Crippen LogP contribution is -2.35. The van der Waals surface area contributed by atoms with Gasteiger partial charge < -0.3 is 4.74 Å². The maximum atomic E-state index is 13.1. The standard InChI is InChI=1S/C20H24N4O4S2/c1-28-16-9-5-14(13-17(16)30(26,27)24-11-3-2-4-12-24)6-10-18(25)21-20-23-22-19(29-20)15-7-8-15/h5-6,9-10,13,15H,2-4,7-8,11-12H2,1H3,(H,21,23,25). The van der Waals surface area contributed by atoms with Crippen molar-refractivity contribution in [1.29, 1.82) is 0 Å². The van der Waals surface area contributed by atoms with Gasteiger partial charge >= 0.3 is 0 Å². The number of piperidine rings is 1. The minimum absolute atomic E-state index is 0.118. The summed E-state index contributed by atoms with van der Waals surface area (Å²) in [7, 11) is -2.21. The maximum Gasteiger partial charge on any atom is 0.250 e. The van der Waals surface area contributed by atoms with Crippen LogP contribution in [0.15, 0.2) is 29.2 Å². The highest BCUT2D eigenvalue weighted by Gasteiger charge is 2.29. The molecule has 0 spiro atoms. The summed E-state index contributed by atoms with van der Waals surface area (Å²) < 4.78 is 33.0. The van der Waals surface area contributed by atoms with Crippen molar-refractivity contribution in [2.24, 2.45) is 0 Å². The van der Waals surface area contributed by atoms with Crippen LogP contribution in [0.1, 0.15) is 48.6 Å². The molecular formula is C20H24N4O4S2. The molecule has 1 aromatic carbocycles. The molecule has 1 amide bonds. The Morgan fingerprint density at radius 1 is 1.23 bits per heavy atom. The Hall–Kier alpha value is -2.30. The van der Waals surface area contributed by atoms with Gasteiger partial charge in [0.2, 0.25) is 21.1 Å². The normalized spacial score (nSPS) is 17.9. The Morgan fingerprint density at radius 2 is 2.00 bits per heavy atom. The zero-order valence-corrected chi connectivity index (χ0v) is 18.3. The topological polar surface area (TPSA) is 101 Å². The molecule has 1 aliphatic carbocycles. The van der Waals surface area contributed by atoms with Gasteiger partial charge in [-0.3, -0.25) is 10.1 Å². The van der Waals surface area contributed by atoms with Gasteiger partial charge in [0.1, 0.15) is 15.7 Å². The van der Waals surface area contributed by atoms with Crippen LogP contribution in [0, 0.1) is 0 Å². The fourth-order valence-electron chi connectivity index (χ4n) is 3.34. The summed E-state index contributed by atoms with van der Waals surface area (Å²) in [6.45, 7) is 1.03. The third-order valence-corrected chi connectivity index (χ3v) is 8.07. The number of hydrogen-bond acceptors (Lipinski definition) is 7. The van der Waals surface area contributed by atoms with Crippen molar-refractivity contribution >= 4 is 38.5 Å². The summed E-state index contributed by atoms with van der Waals surface area (Å²) in [6, 6.07) is 4.87. The van der Waals surface area contributed by atoms with Crippen molar-refractivity contribution < 1.29 is 17.9 Å². The van der Waals surface area contributed by atoms with Gasteiger partial charge in [-0.25, -0.2) is 8.42 Å². The van der Waals surface area contributed by atoms with Crippen LogP contribution in [-0.4, -0.2) is 49.0 Å².